The minimum atomic E-state index is -3.61. The number of nitrogens with zero attached hydrogens (tertiary/aromatic N) is 1. The van der Waals surface area contributed by atoms with E-state index in [0.29, 0.717) is 25.1 Å². The molecule has 1 N–H and O–H groups in total. The van der Waals surface area contributed by atoms with Crippen LogP contribution in [0.4, 0.5) is 10.1 Å². The second kappa shape index (κ2) is 9.68. The van der Waals surface area contributed by atoms with Crippen molar-refractivity contribution in [3.63, 3.8) is 0 Å². The topological polar surface area (TPSA) is 66.5 Å². The maximum absolute atomic E-state index is 12.9. The van der Waals surface area contributed by atoms with Gasteiger partial charge in [-0.25, -0.2) is 12.8 Å². The first-order valence-corrected chi connectivity index (χ1v) is 11.1. The van der Waals surface area contributed by atoms with Crippen molar-refractivity contribution >= 4 is 21.6 Å². The summed E-state index contributed by atoms with van der Waals surface area (Å²) in [6.07, 6.45) is 2.48. The summed E-state index contributed by atoms with van der Waals surface area (Å²) in [5.74, 6) is -0.512. The van der Waals surface area contributed by atoms with Gasteiger partial charge in [0.05, 0.1) is 11.9 Å². The van der Waals surface area contributed by atoms with Crippen LogP contribution in [0.15, 0.2) is 48.5 Å². The van der Waals surface area contributed by atoms with Gasteiger partial charge in [-0.05, 0) is 48.1 Å². The van der Waals surface area contributed by atoms with E-state index in [-0.39, 0.29) is 24.2 Å². The van der Waals surface area contributed by atoms with E-state index >= 15 is 0 Å². The summed E-state index contributed by atoms with van der Waals surface area (Å²) in [6.45, 7) is 4.11. The first-order valence-electron chi connectivity index (χ1n) is 9.26. The Balaban J connectivity index is 1.97. The molecule has 0 saturated carbocycles. The number of rotatable bonds is 9. The molecule has 5 nitrogen and oxygen atoms in total. The average molecular weight is 407 g/mol. The fraction of sp³-hybridized carbons (Fsp3) is 0.381. The lowest BCUT2D eigenvalue weighted by Gasteiger charge is -2.25. The van der Waals surface area contributed by atoms with Crippen LogP contribution >= 0.6 is 0 Å². The van der Waals surface area contributed by atoms with Crippen LogP contribution in [0.1, 0.15) is 37.3 Å². The average Bonchev–Trinajstić information content (AvgIpc) is 2.64. The van der Waals surface area contributed by atoms with Crippen LogP contribution in [0.5, 0.6) is 0 Å². The second-order valence-corrected chi connectivity index (χ2v) is 8.97. The third-order valence-corrected chi connectivity index (χ3v) is 5.52. The van der Waals surface area contributed by atoms with E-state index in [2.05, 4.69) is 5.32 Å². The molecule has 0 atom stereocenters. The van der Waals surface area contributed by atoms with Crippen LogP contribution in [0.2, 0.25) is 0 Å². The highest BCUT2D eigenvalue weighted by molar-refractivity contribution is 7.92. The number of para-hydroxylation sites is 1. The maximum Gasteiger partial charge on any atom is 0.240 e. The van der Waals surface area contributed by atoms with Gasteiger partial charge in [-0.15, -0.1) is 0 Å². The second-order valence-electron chi connectivity index (χ2n) is 7.06. The molecule has 0 fully saturated rings. The number of hydrogen-bond donors (Lipinski definition) is 1. The van der Waals surface area contributed by atoms with Crippen molar-refractivity contribution in [2.75, 3.05) is 23.7 Å². The maximum atomic E-state index is 12.9. The van der Waals surface area contributed by atoms with Gasteiger partial charge in [-0.1, -0.05) is 44.2 Å². The van der Waals surface area contributed by atoms with Gasteiger partial charge in [0.25, 0.3) is 0 Å². The van der Waals surface area contributed by atoms with E-state index in [4.69, 9.17) is 0 Å². The number of halogens is 1. The summed E-state index contributed by atoms with van der Waals surface area (Å²) in [6, 6.07) is 13.5. The van der Waals surface area contributed by atoms with Crippen LogP contribution < -0.4 is 9.62 Å². The van der Waals surface area contributed by atoms with Gasteiger partial charge in [0.15, 0.2) is 0 Å². The van der Waals surface area contributed by atoms with Crippen molar-refractivity contribution in [3.8, 4) is 0 Å². The predicted molar refractivity (Wildman–Crippen MR) is 110 cm³/mol. The Labute approximate surface area is 166 Å². The lowest BCUT2D eigenvalue weighted by atomic mass is 10.0. The number of carbonyl (C=O) groups excluding carboxylic acids is 1. The molecule has 0 aliphatic heterocycles. The molecule has 0 saturated heterocycles. The fourth-order valence-corrected chi connectivity index (χ4v) is 3.82. The zero-order valence-corrected chi connectivity index (χ0v) is 17.3. The van der Waals surface area contributed by atoms with Crippen molar-refractivity contribution in [2.24, 2.45) is 0 Å². The Kier molecular flexibility index (Phi) is 7.57. The first kappa shape index (κ1) is 21.9. The van der Waals surface area contributed by atoms with Gasteiger partial charge in [-0.3, -0.25) is 9.10 Å². The van der Waals surface area contributed by atoms with Crippen molar-refractivity contribution in [1.29, 1.82) is 0 Å². The highest BCUT2D eigenvalue weighted by Gasteiger charge is 2.23. The minimum Gasteiger partial charge on any atom is -0.355 e. The molecule has 0 aliphatic rings. The number of sulfonamides is 1. The number of anilines is 1. The van der Waals surface area contributed by atoms with E-state index in [9.17, 15) is 17.6 Å². The molecule has 0 aliphatic carbocycles. The SMILES string of the molecule is CC(C)c1ccccc1N(CC(=O)NCCCc1ccc(F)cc1)S(C)(=O)=O. The van der Waals surface area contributed by atoms with Crippen molar-refractivity contribution in [3.05, 3.63) is 65.5 Å². The van der Waals surface area contributed by atoms with Crippen molar-refractivity contribution in [2.45, 2.75) is 32.6 Å². The van der Waals surface area contributed by atoms with Crippen LogP contribution in [0, 0.1) is 5.82 Å². The molecule has 0 unspecified atom stereocenters. The largest absolute Gasteiger partial charge is 0.355 e. The monoisotopic (exact) mass is 406 g/mol. The lowest BCUT2D eigenvalue weighted by molar-refractivity contribution is -0.119. The van der Waals surface area contributed by atoms with Gasteiger partial charge in [0.2, 0.25) is 15.9 Å². The number of benzene rings is 2. The fourth-order valence-electron chi connectivity index (χ4n) is 2.94. The van der Waals surface area contributed by atoms with Crippen LogP contribution in [-0.2, 0) is 21.2 Å². The summed E-state index contributed by atoms with van der Waals surface area (Å²) in [7, 11) is -3.61. The van der Waals surface area contributed by atoms with E-state index in [0.717, 1.165) is 21.7 Å². The van der Waals surface area contributed by atoms with Gasteiger partial charge in [0, 0.05) is 6.54 Å². The molecule has 0 aromatic heterocycles. The van der Waals surface area contributed by atoms with Crippen molar-refractivity contribution < 1.29 is 17.6 Å². The zero-order chi connectivity index (χ0) is 20.7. The number of carbonyl (C=O) groups is 1. The molecule has 0 heterocycles. The van der Waals surface area contributed by atoms with Crippen LogP contribution in [-0.4, -0.2) is 33.7 Å². The van der Waals surface area contributed by atoms with Gasteiger partial charge in [-0.2, -0.15) is 0 Å². The molecular formula is C21H27FN2O3S. The van der Waals surface area contributed by atoms with Crippen LogP contribution in [0.3, 0.4) is 0 Å². The number of aryl methyl sites for hydroxylation is 1. The molecule has 1 amide bonds. The summed E-state index contributed by atoms with van der Waals surface area (Å²) in [5.41, 5.74) is 2.39. The quantitative estimate of drug-likeness (QED) is 0.649. The van der Waals surface area contributed by atoms with E-state index < -0.39 is 10.0 Å². The highest BCUT2D eigenvalue weighted by Crippen LogP contribution is 2.28. The Morgan fingerprint density at radius 3 is 2.36 bits per heavy atom. The van der Waals surface area contributed by atoms with Gasteiger partial charge in [0.1, 0.15) is 12.4 Å². The third-order valence-electron chi connectivity index (χ3n) is 4.39. The molecule has 0 spiro atoms. The predicted octanol–water partition coefficient (Wildman–Crippen LogP) is 3.46. The smallest absolute Gasteiger partial charge is 0.240 e. The number of hydrogen-bond acceptors (Lipinski definition) is 3. The standard InChI is InChI=1S/C21H27FN2O3S/c1-16(2)19-8-4-5-9-20(19)24(28(3,26)27)15-21(25)23-14-6-7-17-10-12-18(22)13-11-17/h4-5,8-13,16H,6-7,14-15H2,1-3H3,(H,23,25). The Bertz CT molecular complexity index is 896. The molecule has 0 bridgehead atoms. The van der Waals surface area contributed by atoms with E-state index in [1.165, 1.54) is 12.1 Å². The zero-order valence-electron chi connectivity index (χ0n) is 16.5. The number of nitrogens with one attached hydrogen (secondary N) is 1. The summed E-state index contributed by atoms with van der Waals surface area (Å²) >= 11 is 0. The molecule has 152 valence electrons. The normalized spacial score (nSPS) is 11.5. The van der Waals surface area contributed by atoms with Gasteiger partial charge < -0.3 is 5.32 Å². The molecule has 0 radical (unpaired) electrons. The molecular weight excluding hydrogens is 379 g/mol. The summed E-state index contributed by atoms with van der Waals surface area (Å²) in [4.78, 5) is 12.3. The number of amides is 1. The molecule has 28 heavy (non-hydrogen) atoms. The van der Waals surface area contributed by atoms with E-state index in [1.54, 1.807) is 24.3 Å². The highest BCUT2D eigenvalue weighted by atomic mass is 32.2. The Hall–Kier alpha value is -2.41. The Morgan fingerprint density at radius 1 is 1.11 bits per heavy atom. The molecule has 2 aromatic rings. The van der Waals surface area contributed by atoms with Crippen LogP contribution in [0.25, 0.3) is 0 Å². The van der Waals surface area contributed by atoms with E-state index in [1.807, 2.05) is 26.0 Å². The lowest BCUT2D eigenvalue weighted by Crippen LogP contribution is -2.41. The Morgan fingerprint density at radius 2 is 1.75 bits per heavy atom. The molecule has 7 heteroatoms. The molecule has 2 aromatic carbocycles. The summed E-state index contributed by atoms with van der Waals surface area (Å²) < 4.78 is 38.7. The molecule has 2 rings (SSSR count). The minimum absolute atomic E-state index is 0.124. The van der Waals surface area contributed by atoms with Gasteiger partial charge >= 0.3 is 0 Å². The third kappa shape index (κ3) is 6.34. The summed E-state index contributed by atoms with van der Waals surface area (Å²) in [5, 5.41) is 2.77. The first-order chi connectivity index (χ1) is 13.2. The van der Waals surface area contributed by atoms with Crippen molar-refractivity contribution in [1.82, 2.24) is 5.32 Å².